The molecule has 1 aromatic carbocycles. The topological polar surface area (TPSA) is 103 Å². The van der Waals surface area contributed by atoms with E-state index in [1.807, 2.05) is 24.8 Å². The van der Waals surface area contributed by atoms with Gasteiger partial charge in [0.1, 0.15) is 11.5 Å². The molecule has 1 amide bonds. The van der Waals surface area contributed by atoms with Gasteiger partial charge in [0.15, 0.2) is 5.82 Å². The third-order valence-electron chi connectivity index (χ3n) is 7.93. The molecule has 1 fully saturated rings. The van der Waals surface area contributed by atoms with Crippen LogP contribution in [0.5, 0.6) is 0 Å². The Bertz CT molecular complexity index is 1400. The molecule has 210 valence electrons. The van der Waals surface area contributed by atoms with Gasteiger partial charge in [0.05, 0.1) is 23.9 Å². The van der Waals surface area contributed by atoms with E-state index < -0.39 is 11.5 Å². The zero-order valence-corrected chi connectivity index (χ0v) is 24.0. The molecule has 0 spiro atoms. The van der Waals surface area contributed by atoms with Crippen molar-refractivity contribution in [2.24, 2.45) is 0 Å². The number of anilines is 2. The van der Waals surface area contributed by atoms with Crippen molar-refractivity contribution >= 4 is 23.5 Å². The zero-order valence-electron chi connectivity index (χ0n) is 24.0. The normalized spacial score (nSPS) is 17.6. The summed E-state index contributed by atoms with van der Waals surface area (Å²) in [5, 5.41) is 9.01. The number of nitrogens with zero attached hydrogens (tertiary/aromatic N) is 6. The van der Waals surface area contributed by atoms with Gasteiger partial charge in [-0.2, -0.15) is 0 Å². The summed E-state index contributed by atoms with van der Waals surface area (Å²) < 4.78 is 0. The van der Waals surface area contributed by atoms with Crippen LogP contribution < -0.4 is 9.80 Å². The van der Waals surface area contributed by atoms with Gasteiger partial charge in [0.25, 0.3) is 5.91 Å². The van der Waals surface area contributed by atoms with Gasteiger partial charge >= 0.3 is 5.97 Å². The molecule has 0 saturated carbocycles. The number of carboxylic acids is 1. The summed E-state index contributed by atoms with van der Waals surface area (Å²) >= 11 is 0. The van der Waals surface area contributed by atoms with E-state index in [0.29, 0.717) is 30.9 Å². The number of hydrogen-bond acceptors (Lipinski definition) is 7. The highest BCUT2D eigenvalue weighted by Gasteiger charge is 2.41. The fraction of sp³-hybridized carbons (Fsp3) is 0.452. The molecule has 5 rings (SSSR count). The average Bonchev–Trinajstić information content (AvgIpc) is 3.16. The largest absolute Gasteiger partial charge is 0.481 e. The number of rotatable bonds is 7. The Labute approximate surface area is 235 Å². The van der Waals surface area contributed by atoms with Crippen molar-refractivity contribution in [2.45, 2.75) is 58.4 Å². The van der Waals surface area contributed by atoms with Crippen LogP contribution in [0.3, 0.4) is 0 Å². The van der Waals surface area contributed by atoms with Crippen molar-refractivity contribution in [1.29, 1.82) is 0 Å². The number of aliphatic carboxylic acids is 1. The van der Waals surface area contributed by atoms with Crippen LogP contribution in [0.15, 0.2) is 48.8 Å². The van der Waals surface area contributed by atoms with Crippen LogP contribution in [0.25, 0.3) is 0 Å². The first-order valence-corrected chi connectivity index (χ1v) is 13.8. The Morgan fingerprint density at radius 2 is 1.65 bits per heavy atom. The minimum absolute atomic E-state index is 0.0514. The lowest BCUT2D eigenvalue weighted by Gasteiger charge is -2.47. The summed E-state index contributed by atoms with van der Waals surface area (Å²) in [6.45, 7) is 13.9. The monoisotopic (exact) mass is 542 g/mol. The Morgan fingerprint density at radius 3 is 2.30 bits per heavy atom. The number of carboxylic acid groups (broad SMARTS) is 1. The van der Waals surface area contributed by atoms with E-state index in [4.69, 9.17) is 15.1 Å². The quantitative estimate of drug-likeness (QED) is 0.480. The second kappa shape index (κ2) is 10.5. The van der Waals surface area contributed by atoms with Crippen LogP contribution in [0.4, 0.5) is 11.6 Å². The Hall–Kier alpha value is -4.01. The van der Waals surface area contributed by atoms with E-state index >= 15 is 0 Å². The minimum atomic E-state index is -0.879. The molecule has 4 heterocycles. The number of aryl methyl sites for hydroxylation is 1. The SMILES string of the molecule is Cc1ccc(CCN2CC(C)(C)c3nc(C(=O)N4CCN(c5ccc(CC(=O)O)cn5)CC4(C)C)cnc32)cc1. The standard InChI is InChI=1S/C31H38N6O3/c1-21-6-8-22(9-7-21)12-13-36-19-30(2,3)27-28(36)33-18-24(34-27)29(40)37-15-14-35(20-31(37,4)5)25-11-10-23(17-32-25)16-26(38)39/h6-11,17-18H,12-16,19-20H2,1-5H3,(H,38,39). The fourth-order valence-corrected chi connectivity index (χ4v) is 5.75. The molecule has 2 aromatic heterocycles. The van der Waals surface area contributed by atoms with Crippen LogP contribution in [0, 0.1) is 6.92 Å². The second-order valence-corrected chi connectivity index (χ2v) is 12.3. The van der Waals surface area contributed by atoms with Gasteiger partial charge in [0, 0.05) is 44.3 Å². The summed E-state index contributed by atoms with van der Waals surface area (Å²) in [4.78, 5) is 45.2. The van der Waals surface area contributed by atoms with Crippen molar-refractivity contribution in [2.75, 3.05) is 42.5 Å². The molecule has 1 N–H and O–H groups in total. The maximum absolute atomic E-state index is 13.8. The molecule has 0 bridgehead atoms. The van der Waals surface area contributed by atoms with Gasteiger partial charge in [0.2, 0.25) is 0 Å². The number of amides is 1. The summed E-state index contributed by atoms with van der Waals surface area (Å²) in [7, 11) is 0. The fourth-order valence-electron chi connectivity index (χ4n) is 5.75. The highest BCUT2D eigenvalue weighted by molar-refractivity contribution is 5.93. The molecule has 0 atom stereocenters. The number of fused-ring (bicyclic) bond motifs is 1. The number of carbonyl (C=O) groups is 2. The lowest BCUT2D eigenvalue weighted by atomic mass is 9.92. The smallest absolute Gasteiger partial charge is 0.307 e. The first-order chi connectivity index (χ1) is 18.9. The number of pyridine rings is 1. The number of benzene rings is 1. The molecular weight excluding hydrogens is 504 g/mol. The maximum Gasteiger partial charge on any atom is 0.307 e. The van der Waals surface area contributed by atoms with Crippen molar-refractivity contribution in [3.8, 4) is 0 Å². The van der Waals surface area contributed by atoms with Gasteiger partial charge in [-0.25, -0.2) is 15.0 Å². The number of carbonyl (C=O) groups excluding carboxylic acids is 1. The summed E-state index contributed by atoms with van der Waals surface area (Å²) in [5.41, 5.74) is 3.80. The molecule has 40 heavy (non-hydrogen) atoms. The first-order valence-electron chi connectivity index (χ1n) is 13.8. The minimum Gasteiger partial charge on any atom is -0.481 e. The molecule has 0 radical (unpaired) electrons. The predicted molar refractivity (Wildman–Crippen MR) is 155 cm³/mol. The second-order valence-electron chi connectivity index (χ2n) is 12.3. The van der Waals surface area contributed by atoms with Crippen LogP contribution in [0.2, 0.25) is 0 Å². The number of piperazine rings is 1. The summed E-state index contributed by atoms with van der Waals surface area (Å²) in [6.07, 6.45) is 4.12. The predicted octanol–water partition coefficient (Wildman–Crippen LogP) is 3.89. The van der Waals surface area contributed by atoms with E-state index in [0.717, 1.165) is 36.8 Å². The van der Waals surface area contributed by atoms with E-state index in [2.05, 4.69) is 59.8 Å². The molecule has 9 nitrogen and oxygen atoms in total. The third-order valence-corrected chi connectivity index (χ3v) is 7.93. The van der Waals surface area contributed by atoms with Crippen LogP contribution in [0.1, 0.15) is 60.6 Å². The van der Waals surface area contributed by atoms with Gasteiger partial charge < -0.3 is 19.8 Å². The molecule has 0 aliphatic carbocycles. The van der Waals surface area contributed by atoms with Crippen LogP contribution >= 0.6 is 0 Å². The lowest BCUT2D eigenvalue weighted by Crippen LogP contribution is -2.61. The van der Waals surface area contributed by atoms with Crippen molar-refractivity contribution in [1.82, 2.24) is 19.9 Å². The number of hydrogen-bond donors (Lipinski definition) is 1. The van der Waals surface area contributed by atoms with E-state index in [-0.39, 0.29) is 17.7 Å². The Balaban J connectivity index is 1.28. The van der Waals surface area contributed by atoms with Crippen LogP contribution in [-0.2, 0) is 23.1 Å². The summed E-state index contributed by atoms with van der Waals surface area (Å²) in [6, 6.07) is 12.3. The zero-order chi connectivity index (χ0) is 28.7. The molecule has 3 aromatic rings. The third kappa shape index (κ3) is 5.64. The first kappa shape index (κ1) is 27.6. The van der Waals surface area contributed by atoms with Crippen molar-refractivity contribution < 1.29 is 14.7 Å². The van der Waals surface area contributed by atoms with Crippen molar-refractivity contribution in [3.63, 3.8) is 0 Å². The Kier molecular flexibility index (Phi) is 7.25. The summed E-state index contributed by atoms with van der Waals surface area (Å²) in [5.74, 6) is 0.656. The molecule has 2 aliphatic heterocycles. The van der Waals surface area contributed by atoms with Crippen molar-refractivity contribution in [3.05, 3.63) is 76.9 Å². The van der Waals surface area contributed by atoms with Gasteiger partial charge in [-0.3, -0.25) is 9.59 Å². The van der Waals surface area contributed by atoms with Gasteiger partial charge in [-0.15, -0.1) is 0 Å². The van der Waals surface area contributed by atoms with E-state index in [1.165, 1.54) is 11.1 Å². The highest BCUT2D eigenvalue weighted by atomic mass is 16.4. The lowest BCUT2D eigenvalue weighted by molar-refractivity contribution is -0.136. The van der Waals surface area contributed by atoms with Gasteiger partial charge in [-0.05, 0) is 44.4 Å². The van der Waals surface area contributed by atoms with Gasteiger partial charge in [-0.1, -0.05) is 49.7 Å². The molecule has 2 aliphatic rings. The molecule has 9 heteroatoms. The van der Waals surface area contributed by atoms with Crippen LogP contribution in [-0.4, -0.2) is 75.1 Å². The molecule has 0 unspecified atom stereocenters. The highest BCUT2D eigenvalue weighted by Crippen LogP contribution is 2.38. The molecular formula is C31H38N6O3. The number of aromatic nitrogens is 3. The average molecular weight is 543 g/mol. The maximum atomic E-state index is 13.8. The Morgan fingerprint density at radius 1 is 0.925 bits per heavy atom. The van der Waals surface area contributed by atoms with E-state index in [9.17, 15) is 9.59 Å². The van der Waals surface area contributed by atoms with E-state index in [1.54, 1.807) is 18.5 Å². The molecule has 1 saturated heterocycles.